The topological polar surface area (TPSA) is 130 Å². The van der Waals surface area contributed by atoms with Gasteiger partial charge in [-0.15, -0.1) is 0 Å². The number of carboxylic acid groups (broad SMARTS) is 1. The highest BCUT2D eigenvalue weighted by Crippen LogP contribution is 2.17. The van der Waals surface area contributed by atoms with Crippen LogP contribution in [0.2, 0.25) is 0 Å². The Labute approximate surface area is 123 Å². The zero-order valence-corrected chi connectivity index (χ0v) is 13.1. The Hall–Kier alpha value is -1.49. The largest absolute Gasteiger partial charge is 0.478 e. The van der Waals surface area contributed by atoms with Gasteiger partial charge >= 0.3 is 5.97 Å². The molecule has 0 spiro atoms. The number of rotatable bonds is 7. The van der Waals surface area contributed by atoms with Crippen molar-refractivity contribution in [3.05, 3.63) is 29.3 Å². The summed E-state index contributed by atoms with van der Waals surface area (Å²) in [4.78, 5) is 10.7. The minimum atomic E-state index is -3.98. The SMILES string of the molecule is CNS(=O)(=O)CCNS(=O)(=O)c1cc(C(=O)O)ccc1C. The van der Waals surface area contributed by atoms with E-state index in [1.54, 1.807) is 0 Å². The molecule has 0 saturated heterocycles. The average Bonchev–Trinajstić information content (AvgIpc) is 2.38. The van der Waals surface area contributed by atoms with Crippen molar-refractivity contribution in [1.29, 1.82) is 0 Å². The van der Waals surface area contributed by atoms with Crippen LogP contribution in [-0.2, 0) is 20.0 Å². The zero-order chi connectivity index (χ0) is 16.3. The molecule has 0 aliphatic rings. The maximum absolute atomic E-state index is 12.1. The molecule has 0 saturated carbocycles. The fourth-order valence-corrected chi connectivity index (χ4v) is 3.52. The van der Waals surface area contributed by atoms with Crippen molar-refractivity contribution in [2.75, 3.05) is 19.3 Å². The van der Waals surface area contributed by atoms with Gasteiger partial charge in [-0.2, -0.15) is 0 Å². The monoisotopic (exact) mass is 336 g/mol. The lowest BCUT2D eigenvalue weighted by atomic mass is 10.1. The number of sulfonamides is 2. The van der Waals surface area contributed by atoms with E-state index in [-0.39, 0.29) is 17.0 Å². The third-order valence-corrected chi connectivity index (χ3v) is 5.67. The standard InChI is InChI=1S/C11H16N2O6S2/c1-8-3-4-9(11(14)15)7-10(8)21(18,19)13-5-6-20(16,17)12-2/h3-4,7,12-13H,5-6H2,1-2H3,(H,14,15). The summed E-state index contributed by atoms with van der Waals surface area (Å²) in [5, 5.41) is 8.88. The second-order valence-electron chi connectivity index (χ2n) is 4.21. The van der Waals surface area contributed by atoms with Crippen LogP contribution in [0.15, 0.2) is 23.1 Å². The number of carboxylic acids is 1. The predicted molar refractivity (Wildman–Crippen MR) is 76.2 cm³/mol. The third kappa shape index (κ3) is 4.77. The van der Waals surface area contributed by atoms with Crippen molar-refractivity contribution in [2.24, 2.45) is 0 Å². The molecular weight excluding hydrogens is 320 g/mol. The molecule has 0 aliphatic carbocycles. The second-order valence-corrected chi connectivity index (χ2v) is 7.99. The summed E-state index contributed by atoms with van der Waals surface area (Å²) in [7, 11) is -6.28. The van der Waals surface area contributed by atoms with Gasteiger partial charge < -0.3 is 5.11 Å². The molecule has 1 aromatic carbocycles. The first kappa shape index (κ1) is 17.6. The van der Waals surface area contributed by atoms with E-state index in [9.17, 15) is 21.6 Å². The molecule has 0 amide bonds. The van der Waals surface area contributed by atoms with Crippen LogP contribution in [-0.4, -0.2) is 47.3 Å². The van der Waals surface area contributed by atoms with Gasteiger partial charge in [0.25, 0.3) is 0 Å². The molecule has 21 heavy (non-hydrogen) atoms. The minimum Gasteiger partial charge on any atom is -0.478 e. The van der Waals surface area contributed by atoms with E-state index in [2.05, 4.69) is 9.44 Å². The van der Waals surface area contributed by atoms with Gasteiger partial charge in [-0.1, -0.05) is 6.07 Å². The fourth-order valence-electron chi connectivity index (χ4n) is 1.51. The number of aryl methyl sites for hydroxylation is 1. The summed E-state index contributed by atoms with van der Waals surface area (Å²) >= 11 is 0. The van der Waals surface area contributed by atoms with E-state index >= 15 is 0 Å². The number of nitrogens with one attached hydrogen (secondary N) is 2. The van der Waals surface area contributed by atoms with Crippen LogP contribution in [0, 0.1) is 6.92 Å². The molecule has 0 aliphatic heterocycles. The normalized spacial score (nSPS) is 12.3. The Morgan fingerprint density at radius 2 is 1.86 bits per heavy atom. The first-order valence-corrected chi connectivity index (χ1v) is 8.97. The van der Waals surface area contributed by atoms with Gasteiger partial charge in [0.1, 0.15) is 0 Å². The molecule has 0 atom stereocenters. The van der Waals surface area contributed by atoms with E-state index in [0.717, 1.165) is 6.07 Å². The van der Waals surface area contributed by atoms with Crippen LogP contribution in [0.25, 0.3) is 0 Å². The number of benzene rings is 1. The Balaban J connectivity index is 2.98. The lowest BCUT2D eigenvalue weighted by Crippen LogP contribution is -2.33. The van der Waals surface area contributed by atoms with E-state index in [1.807, 2.05) is 0 Å². The van der Waals surface area contributed by atoms with E-state index in [1.165, 1.54) is 26.1 Å². The Bertz CT molecular complexity index is 740. The highest BCUT2D eigenvalue weighted by atomic mass is 32.2. The molecular formula is C11H16N2O6S2. The van der Waals surface area contributed by atoms with Crippen molar-refractivity contribution in [3.8, 4) is 0 Å². The number of aromatic carboxylic acids is 1. The Kier molecular flexibility index (Phi) is 5.45. The van der Waals surface area contributed by atoms with E-state index in [4.69, 9.17) is 5.11 Å². The van der Waals surface area contributed by atoms with Crippen molar-refractivity contribution < 1.29 is 26.7 Å². The summed E-state index contributed by atoms with van der Waals surface area (Å²) in [6.07, 6.45) is 0. The van der Waals surface area contributed by atoms with Gasteiger partial charge in [-0.3, -0.25) is 0 Å². The highest BCUT2D eigenvalue weighted by molar-refractivity contribution is 7.90. The van der Waals surface area contributed by atoms with Gasteiger partial charge in [-0.25, -0.2) is 31.1 Å². The minimum absolute atomic E-state index is 0.163. The maximum Gasteiger partial charge on any atom is 0.335 e. The van der Waals surface area contributed by atoms with Crippen molar-refractivity contribution in [2.45, 2.75) is 11.8 Å². The van der Waals surface area contributed by atoms with Gasteiger partial charge in [0.15, 0.2) is 0 Å². The first-order valence-electron chi connectivity index (χ1n) is 5.84. The molecule has 0 bridgehead atoms. The van der Waals surface area contributed by atoms with Crippen LogP contribution in [0.4, 0.5) is 0 Å². The maximum atomic E-state index is 12.1. The van der Waals surface area contributed by atoms with Crippen LogP contribution < -0.4 is 9.44 Å². The van der Waals surface area contributed by atoms with Crippen LogP contribution in [0.5, 0.6) is 0 Å². The third-order valence-electron chi connectivity index (χ3n) is 2.70. The quantitative estimate of drug-likeness (QED) is 0.617. The fraction of sp³-hybridized carbons (Fsp3) is 0.364. The lowest BCUT2D eigenvalue weighted by Gasteiger charge is -2.10. The summed E-state index contributed by atoms with van der Waals surface area (Å²) in [5.41, 5.74) is 0.202. The van der Waals surface area contributed by atoms with Crippen molar-refractivity contribution in [3.63, 3.8) is 0 Å². The molecule has 0 fully saturated rings. The van der Waals surface area contributed by atoms with Gasteiger partial charge in [-0.05, 0) is 31.7 Å². The molecule has 1 rings (SSSR count). The Morgan fingerprint density at radius 1 is 1.24 bits per heavy atom. The Morgan fingerprint density at radius 3 is 2.38 bits per heavy atom. The first-order chi connectivity index (χ1) is 9.59. The highest BCUT2D eigenvalue weighted by Gasteiger charge is 2.19. The molecule has 1 aromatic rings. The smallest absolute Gasteiger partial charge is 0.335 e. The van der Waals surface area contributed by atoms with Crippen molar-refractivity contribution >= 4 is 26.0 Å². The summed E-state index contributed by atoms with van der Waals surface area (Å²) in [5.74, 6) is -1.66. The molecule has 118 valence electrons. The molecule has 0 unspecified atom stereocenters. The summed E-state index contributed by atoms with van der Waals surface area (Å²) in [6.45, 7) is 1.20. The van der Waals surface area contributed by atoms with Crippen LogP contribution in [0.3, 0.4) is 0 Å². The van der Waals surface area contributed by atoms with E-state index < -0.39 is 31.8 Å². The molecule has 0 radical (unpaired) electrons. The number of carbonyl (C=O) groups is 1. The van der Waals surface area contributed by atoms with Crippen LogP contribution in [0.1, 0.15) is 15.9 Å². The predicted octanol–water partition coefficient (Wildman–Crippen LogP) is -0.479. The van der Waals surface area contributed by atoms with Gasteiger partial charge in [0.2, 0.25) is 20.0 Å². The average molecular weight is 336 g/mol. The lowest BCUT2D eigenvalue weighted by molar-refractivity contribution is 0.0696. The van der Waals surface area contributed by atoms with Gasteiger partial charge in [0.05, 0.1) is 16.2 Å². The van der Waals surface area contributed by atoms with Gasteiger partial charge in [0, 0.05) is 6.54 Å². The molecule has 0 heterocycles. The molecule has 8 nitrogen and oxygen atoms in total. The molecule has 0 aromatic heterocycles. The van der Waals surface area contributed by atoms with E-state index in [0.29, 0.717) is 5.56 Å². The zero-order valence-electron chi connectivity index (χ0n) is 11.5. The van der Waals surface area contributed by atoms with Crippen LogP contribution >= 0.6 is 0 Å². The number of hydrogen-bond acceptors (Lipinski definition) is 5. The summed E-state index contributed by atoms with van der Waals surface area (Å²) in [6, 6.07) is 3.71. The molecule has 3 N–H and O–H groups in total. The molecule has 10 heteroatoms. The summed E-state index contributed by atoms with van der Waals surface area (Å²) < 4.78 is 50.8. The number of hydrogen-bond donors (Lipinski definition) is 3. The van der Waals surface area contributed by atoms with Crippen molar-refractivity contribution in [1.82, 2.24) is 9.44 Å². The second kappa shape index (κ2) is 6.52.